The van der Waals surface area contributed by atoms with Gasteiger partial charge in [-0.1, -0.05) is 60.7 Å². The SMILES string of the molecule is CC1(C)OB(c2ccc(CONC(=O)/C=C/c3cccc(CNc4ccccc4)c3)cc2)OC1(C)C. The molecular weight excluding hydrogens is 451 g/mol. The van der Waals surface area contributed by atoms with Gasteiger partial charge in [0.2, 0.25) is 0 Å². The first-order valence-corrected chi connectivity index (χ1v) is 12.1. The molecule has 1 amide bonds. The van der Waals surface area contributed by atoms with Crippen molar-refractivity contribution < 1.29 is 18.9 Å². The lowest BCUT2D eigenvalue weighted by Gasteiger charge is -2.32. The van der Waals surface area contributed by atoms with Crippen molar-refractivity contribution in [1.29, 1.82) is 0 Å². The number of benzene rings is 3. The summed E-state index contributed by atoms with van der Waals surface area (Å²) in [5.41, 5.74) is 6.72. The van der Waals surface area contributed by atoms with E-state index in [0.29, 0.717) is 6.54 Å². The zero-order valence-electron chi connectivity index (χ0n) is 21.3. The average Bonchev–Trinajstić information content (AvgIpc) is 3.09. The number of rotatable bonds is 9. The van der Waals surface area contributed by atoms with Crippen molar-refractivity contribution in [1.82, 2.24) is 5.48 Å². The van der Waals surface area contributed by atoms with Gasteiger partial charge in [-0.05, 0) is 74.1 Å². The summed E-state index contributed by atoms with van der Waals surface area (Å²) in [7, 11) is -0.401. The molecule has 0 aliphatic carbocycles. The van der Waals surface area contributed by atoms with Gasteiger partial charge < -0.3 is 14.6 Å². The Morgan fingerprint density at radius 3 is 2.28 bits per heavy atom. The molecule has 1 heterocycles. The molecule has 36 heavy (non-hydrogen) atoms. The largest absolute Gasteiger partial charge is 0.494 e. The van der Waals surface area contributed by atoms with Gasteiger partial charge in [0.25, 0.3) is 5.91 Å². The monoisotopic (exact) mass is 484 g/mol. The van der Waals surface area contributed by atoms with Crippen LogP contribution in [0, 0.1) is 0 Å². The molecule has 2 N–H and O–H groups in total. The quantitative estimate of drug-likeness (QED) is 0.258. The molecule has 4 rings (SSSR count). The first kappa shape index (κ1) is 25.7. The van der Waals surface area contributed by atoms with Crippen molar-refractivity contribution in [2.45, 2.75) is 52.0 Å². The highest BCUT2D eigenvalue weighted by molar-refractivity contribution is 6.62. The summed E-state index contributed by atoms with van der Waals surface area (Å²) >= 11 is 0. The highest BCUT2D eigenvalue weighted by atomic mass is 16.7. The van der Waals surface area contributed by atoms with Crippen molar-refractivity contribution in [3.05, 3.63) is 102 Å². The van der Waals surface area contributed by atoms with Crippen molar-refractivity contribution in [3.63, 3.8) is 0 Å². The van der Waals surface area contributed by atoms with Crippen LogP contribution in [-0.4, -0.2) is 24.2 Å². The number of anilines is 1. The van der Waals surface area contributed by atoms with Crippen LogP contribution in [0.2, 0.25) is 0 Å². The lowest BCUT2D eigenvalue weighted by Crippen LogP contribution is -2.41. The maximum atomic E-state index is 12.2. The molecule has 0 unspecified atom stereocenters. The van der Waals surface area contributed by atoms with Crippen LogP contribution in [0.15, 0.2) is 84.9 Å². The Morgan fingerprint density at radius 2 is 1.58 bits per heavy atom. The lowest BCUT2D eigenvalue weighted by molar-refractivity contribution is -0.129. The lowest BCUT2D eigenvalue weighted by atomic mass is 9.79. The van der Waals surface area contributed by atoms with Gasteiger partial charge in [0, 0.05) is 18.3 Å². The van der Waals surface area contributed by atoms with E-state index in [0.717, 1.165) is 27.8 Å². The molecule has 0 bridgehead atoms. The van der Waals surface area contributed by atoms with E-state index in [4.69, 9.17) is 14.1 Å². The van der Waals surface area contributed by atoms with Crippen molar-refractivity contribution in [2.75, 3.05) is 5.32 Å². The number of hydroxylamine groups is 1. The smallest absolute Gasteiger partial charge is 0.399 e. The molecule has 1 aliphatic rings. The summed E-state index contributed by atoms with van der Waals surface area (Å²) in [6.45, 7) is 9.09. The Kier molecular flexibility index (Phi) is 7.94. The molecule has 186 valence electrons. The molecule has 0 atom stereocenters. The van der Waals surface area contributed by atoms with Gasteiger partial charge in [-0.2, -0.15) is 0 Å². The van der Waals surface area contributed by atoms with Gasteiger partial charge in [-0.15, -0.1) is 0 Å². The maximum absolute atomic E-state index is 12.2. The van der Waals surface area contributed by atoms with Crippen LogP contribution >= 0.6 is 0 Å². The van der Waals surface area contributed by atoms with Crippen LogP contribution in [0.5, 0.6) is 0 Å². The van der Waals surface area contributed by atoms with Crippen molar-refractivity contribution in [2.24, 2.45) is 0 Å². The van der Waals surface area contributed by atoms with Crippen LogP contribution in [0.3, 0.4) is 0 Å². The molecular formula is C29H33BN2O4. The Morgan fingerprint density at radius 1 is 0.889 bits per heavy atom. The van der Waals surface area contributed by atoms with E-state index in [1.54, 1.807) is 6.08 Å². The zero-order valence-corrected chi connectivity index (χ0v) is 21.3. The fourth-order valence-corrected chi connectivity index (χ4v) is 3.71. The topological polar surface area (TPSA) is 68.8 Å². The van der Waals surface area contributed by atoms with E-state index in [1.807, 2.05) is 100 Å². The normalized spacial score (nSPS) is 16.3. The highest BCUT2D eigenvalue weighted by Crippen LogP contribution is 2.36. The fourth-order valence-electron chi connectivity index (χ4n) is 3.71. The number of amides is 1. The zero-order chi connectivity index (χ0) is 25.6. The van der Waals surface area contributed by atoms with Crippen LogP contribution in [-0.2, 0) is 32.1 Å². The van der Waals surface area contributed by atoms with Gasteiger partial charge in [0.15, 0.2) is 0 Å². The molecule has 3 aromatic rings. The first-order valence-electron chi connectivity index (χ1n) is 12.1. The van der Waals surface area contributed by atoms with Crippen molar-refractivity contribution in [3.8, 4) is 0 Å². The second-order valence-corrected chi connectivity index (χ2v) is 9.88. The van der Waals surface area contributed by atoms with Gasteiger partial charge in [0.05, 0.1) is 17.8 Å². The van der Waals surface area contributed by atoms with Gasteiger partial charge in [-0.3, -0.25) is 9.63 Å². The Labute approximate surface area is 213 Å². The Bertz CT molecular complexity index is 1180. The molecule has 6 nitrogen and oxygen atoms in total. The van der Waals surface area contributed by atoms with E-state index in [9.17, 15) is 4.79 Å². The first-order chi connectivity index (χ1) is 17.2. The molecule has 0 saturated carbocycles. The highest BCUT2D eigenvalue weighted by Gasteiger charge is 2.51. The average molecular weight is 484 g/mol. The predicted molar refractivity (Wildman–Crippen MR) is 144 cm³/mol. The van der Waals surface area contributed by atoms with Crippen molar-refractivity contribution >= 4 is 30.3 Å². The third-order valence-electron chi connectivity index (χ3n) is 6.57. The Hall–Kier alpha value is -3.39. The minimum absolute atomic E-state index is 0.254. The molecule has 0 spiro atoms. The second-order valence-electron chi connectivity index (χ2n) is 9.88. The Balaban J connectivity index is 1.22. The van der Waals surface area contributed by atoms with Crippen LogP contribution in [0.4, 0.5) is 5.69 Å². The summed E-state index contributed by atoms with van der Waals surface area (Å²) in [5.74, 6) is -0.323. The van der Waals surface area contributed by atoms with E-state index in [2.05, 4.69) is 16.9 Å². The molecule has 0 radical (unpaired) electrons. The third kappa shape index (κ3) is 6.63. The van der Waals surface area contributed by atoms with Crippen LogP contribution in [0.25, 0.3) is 6.08 Å². The van der Waals surface area contributed by atoms with Crippen LogP contribution in [0.1, 0.15) is 44.4 Å². The molecule has 1 fully saturated rings. The molecule has 3 aromatic carbocycles. The summed E-state index contributed by atoms with van der Waals surface area (Å²) in [5, 5.41) is 3.39. The predicted octanol–water partition coefficient (Wildman–Crippen LogP) is 4.86. The minimum atomic E-state index is -0.401. The summed E-state index contributed by atoms with van der Waals surface area (Å²) in [6, 6.07) is 25.9. The summed E-state index contributed by atoms with van der Waals surface area (Å²) < 4.78 is 12.2. The van der Waals surface area contributed by atoms with E-state index >= 15 is 0 Å². The molecule has 7 heteroatoms. The molecule has 0 aromatic heterocycles. The van der Waals surface area contributed by atoms with E-state index < -0.39 is 7.12 Å². The number of hydrogen-bond acceptors (Lipinski definition) is 5. The fraction of sp³-hybridized carbons (Fsp3) is 0.276. The van der Waals surface area contributed by atoms with Gasteiger partial charge >= 0.3 is 7.12 Å². The number of hydrogen-bond donors (Lipinski definition) is 2. The minimum Gasteiger partial charge on any atom is -0.399 e. The third-order valence-corrected chi connectivity index (χ3v) is 6.57. The van der Waals surface area contributed by atoms with E-state index in [1.165, 1.54) is 6.08 Å². The summed E-state index contributed by atoms with van der Waals surface area (Å²) in [6.07, 6.45) is 3.23. The number of carbonyl (C=O) groups excluding carboxylic acids is 1. The molecule has 1 saturated heterocycles. The number of nitrogens with one attached hydrogen (secondary N) is 2. The number of para-hydroxylation sites is 1. The van der Waals surface area contributed by atoms with E-state index in [-0.39, 0.29) is 23.7 Å². The standard InChI is InChI=1S/C29H33BN2O4/c1-28(2)29(3,4)36-30(35-28)25-16-13-23(14-17-25)21-34-32-27(33)18-15-22-9-8-10-24(19-22)20-31-26-11-6-5-7-12-26/h5-19,31H,20-21H2,1-4H3,(H,32,33)/b18-15+. The van der Waals surface area contributed by atoms with Gasteiger partial charge in [-0.25, -0.2) is 5.48 Å². The maximum Gasteiger partial charge on any atom is 0.494 e. The molecule has 1 aliphatic heterocycles. The van der Waals surface area contributed by atoms with Gasteiger partial charge in [0.1, 0.15) is 0 Å². The summed E-state index contributed by atoms with van der Waals surface area (Å²) in [4.78, 5) is 17.6. The van der Waals surface area contributed by atoms with Crippen LogP contribution < -0.4 is 16.3 Å². The number of carbonyl (C=O) groups is 1. The second kappa shape index (κ2) is 11.1.